The molecule has 0 spiro atoms. The van der Waals surface area contributed by atoms with E-state index >= 15 is 0 Å². The van der Waals surface area contributed by atoms with Crippen LogP contribution in [0.5, 0.6) is 0 Å². The summed E-state index contributed by atoms with van der Waals surface area (Å²) in [5.74, 6) is -3.29. The number of carbonyl (C=O) groups is 3. The third-order valence-electron chi connectivity index (χ3n) is 3.02. The fraction of sp³-hybridized carbons (Fsp3) is 0.333. The molecule has 1 aromatic heterocycles. The zero-order valence-corrected chi connectivity index (χ0v) is 11.5. The van der Waals surface area contributed by atoms with Crippen LogP contribution in [0.4, 0.5) is 5.82 Å². The van der Waals surface area contributed by atoms with Gasteiger partial charge in [0.25, 0.3) is 0 Å². The van der Waals surface area contributed by atoms with Gasteiger partial charge in [-0.1, -0.05) is 6.07 Å². The number of anilines is 1. The highest BCUT2D eigenvalue weighted by molar-refractivity contribution is 7.98. The molecule has 1 aliphatic heterocycles. The van der Waals surface area contributed by atoms with Crippen LogP contribution in [0.1, 0.15) is 5.56 Å². The third-order valence-corrected chi connectivity index (χ3v) is 3.67. The standard InChI is InChI=1S/C12H13N3O4S/c1-20-8-3-2-6-4-7(10(13)18)12(19)15(5-9(16)17)11(6)14-8/h2-3,7H,4-5H2,1H3,(H2,13,18)(H,16,17). The molecule has 0 fully saturated rings. The van der Waals surface area contributed by atoms with E-state index in [1.54, 1.807) is 12.1 Å². The van der Waals surface area contributed by atoms with Crippen molar-refractivity contribution in [1.82, 2.24) is 4.98 Å². The number of amides is 2. The van der Waals surface area contributed by atoms with E-state index in [2.05, 4.69) is 4.98 Å². The largest absolute Gasteiger partial charge is 0.480 e. The number of hydrogen-bond acceptors (Lipinski definition) is 5. The summed E-state index contributed by atoms with van der Waals surface area (Å²) in [6.07, 6.45) is 1.98. The smallest absolute Gasteiger partial charge is 0.323 e. The van der Waals surface area contributed by atoms with Crippen LogP contribution < -0.4 is 10.6 Å². The number of fused-ring (bicyclic) bond motifs is 1. The number of nitrogens with two attached hydrogens (primary N) is 1. The Hall–Kier alpha value is -2.09. The van der Waals surface area contributed by atoms with Gasteiger partial charge in [-0.25, -0.2) is 4.98 Å². The van der Waals surface area contributed by atoms with Gasteiger partial charge in [0, 0.05) is 0 Å². The summed E-state index contributed by atoms with van der Waals surface area (Å²) in [5.41, 5.74) is 5.85. The summed E-state index contributed by atoms with van der Waals surface area (Å²) in [6, 6.07) is 3.50. The van der Waals surface area contributed by atoms with Crippen LogP contribution in [-0.4, -0.2) is 40.7 Å². The number of carboxylic acid groups (broad SMARTS) is 1. The summed E-state index contributed by atoms with van der Waals surface area (Å²) in [4.78, 5) is 39.7. The molecule has 1 aromatic rings. The number of primary amides is 1. The first-order valence-corrected chi connectivity index (χ1v) is 7.03. The predicted molar refractivity (Wildman–Crippen MR) is 72.4 cm³/mol. The number of rotatable bonds is 4. The average Bonchev–Trinajstić information content (AvgIpc) is 2.40. The van der Waals surface area contributed by atoms with Crippen molar-refractivity contribution in [3.05, 3.63) is 17.7 Å². The lowest BCUT2D eigenvalue weighted by Gasteiger charge is -2.31. The average molecular weight is 295 g/mol. The summed E-state index contributed by atoms with van der Waals surface area (Å²) in [7, 11) is 0. The van der Waals surface area contributed by atoms with Crippen molar-refractivity contribution in [2.75, 3.05) is 17.7 Å². The van der Waals surface area contributed by atoms with E-state index in [0.29, 0.717) is 16.4 Å². The monoisotopic (exact) mass is 295 g/mol. The molecule has 1 aliphatic rings. The van der Waals surface area contributed by atoms with Gasteiger partial charge in [-0.2, -0.15) is 0 Å². The second-order valence-electron chi connectivity index (χ2n) is 4.31. The van der Waals surface area contributed by atoms with Crippen LogP contribution in [0.25, 0.3) is 0 Å². The van der Waals surface area contributed by atoms with Gasteiger partial charge in [0.2, 0.25) is 11.8 Å². The van der Waals surface area contributed by atoms with Crippen molar-refractivity contribution >= 4 is 35.4 Å². The second-order valence-corrected chi connectivity index (χ2v) is 5.14. The molecule has 20 heavy (non-hydrogen) atoms. The van der Waals surface area contributed by atoms with E-state index in [4.69, 9.17) is 10.8 Å². The first-order valence-electron chi connectivity index (χ1n) is 5.80. The minimum absolute atomic E-state index is 0.154. The minimum Gasteiger partial charge on any atom is -0.480 e. The van der Waals surface area contributed by atoms with Crippen LogP contribution in [0, 0.1) is 5.92 Å². The van der Waals surface area contributed by atoms with E-state index in [1.807, 2.05) is 6.26 Å². The van der Waals surface area contributed by atoms with Gasteiger partial charge in [0.05, 0.1) is 5.03 Å². The van der Waals surface area contributed by atoms with Crippen molar-refractivity contribution in [2.45, 2.75) is 11.4 Å². The van der Waals surface area contributed by atoms with E-state index in [1.165, 1.54) is 11.8 Å². The molecule has 0 bridgehead atoms. The maximum Gasteiger partial charge on any atom is 0.323 e. The summed E-state index contributed by atoms with van der Waals surface area (Å²) < 4.78 is 0. The molecule has 0 aliphatic carbocycles. The van der Waals surface area contributed by atoms with E-state index in [-0.39, 0.29) is 6.42 Å². The van der Waals surface area contributed by atoms with Gasteiger partial charge in [0.1, 0.15) is 18.3 Å². The van der Waals surface area contributed by atoms with E-state index in [0.717, 1.165) is 4.90 Å². The molecule has 2 heterocycles. The van der Waals surface area contributed by atoms with Gasteiger partial charge in [-0.15, -0.1) is 11.8 Å². The Bertz CT molecular complexity index is 590. The van der Waals surface area contributed by atoms with E-state index < -0.39 is 30.2 Å². The molecule has 2 amide bonds. The lowest BCUT2D eigenvalue weighted by atomic mass is 9.93. The van der Waals surface area contributed by atoms with Crippen LogP contribution in [-0.2, 0) is 20.8 Å². The molecular weight excluding hydrogens is 282 g/mol. The minimum atomic E-state index is -1.18. The van der Waals surface area contributed by atoms with Crippen LogP contribution in [0.3, 0.4) is 0 Å². The van der Waals surface area contributed by atoms with Crippen LogP contribution in [0.2, 0.25) is 0 Å². The molecule has 0 saturated heterocycles. The number of pyridine rings is 1. The molecule has 1 unspecified atom stereocenters. The zero-order valence-electron chi connectivity index (χ0n) is 10.7. The highest BCUT2D eigenvalue weighted by atomic mass is 32.2. The molecule has 106 valence electrons. The van der Waals surface area contributed by atoms with Crippen molar-refractivity contribution in [1.29, 1.82) is 0 Å². The summed E-state index contributed by atoms with van der Waals surface area (Å²) in [6.45, 7) is -0.541. The molecule has 0 radical (unpaired) electrons. The fourth-order valence-electron chi connectivity index (χ4n) is 2.08. The summed E-state index contributed by atoms with van der Waals surface area (Å²) in [5, 5.41) is 9.59. The van der Waals surface area contributed by atoms with Crippen molar-refractivity contribution in [2.24, 2.45) is 11.7 Å². The maximum absolute atomic E-state index is 12.2. The molecule has 1 atom stereocenters. The Morgan fingerprint density at radius 1 is 1.55 bits per heavy atom. The predicted octanol–water partition coefficient (Wildman–Crippen LogP) is -0.121. The van der Waals surface area contributed by atoms with E-state index in [9.17, 15) is 14.4 Å². The Morgan fingerprint density at radius 2 is 2.25 bits per heavy atom. The van der Waals surface area contributed by atoms with Crippen molar-refractivity contribution in [3.8, 4) is 0 Å². The molecule has 0 aromatic carbocycles. The second kappa shape index (κ2) is 5.49. The first-order chi connectivity index (χ1) is 9.43. The molecule has 7 nitrogen and oxygen atoms in total. The topological polar surface area (TPSA) is 114 Å². The van der Waals surface area contributed by atoms with Crippen molar-refractivity contribution < 1.29 is 19.5 Å². The fourth-order valence-corrected chi connectivity index (χ4v) is 2.46. The van der Waals surface area contributed by atoms with Crippen molar-refractivity contribution in [3.63, 3.8) is 0 Å². The zero-order chi connectivity index (χ0) is 14.9. The number of aliphatic carboxylic acids is 1. The quantitative estimate of drug-likeness (QED) is 0.591. The Kier molecular flexibility index (Phi) is 3.93. The highest BCUT2D eigenvalue weighted by Crippen LogP contribution is 2.30. The number of aromatic nitrogens is 1. The Morgan fingerprint density at radius 3 is 2.80 bits per heavy atom. The number of carbonyl (C=O) groups excluding carboxylic acids is 2. The van der Waals surface area contributed by atoms with Gasteiger partial charge in [0.15, 0.2) is 0 Å². The number of nitrogens with zero attached hydrogens (tertiary/aromatic N) is 2. The Balaban J connectivity index is 2.49. The molecule has 8 heteroatoms. The van der Waals surface area contributed by atoms with Gasteiger partial charge in [-0.05, 0) is 24.3 Å². The van der Waals surface area contributed by atoms with Crippen LogP contribution in [0.15, 0.2) is 17.2 Å². The normalized spacial score (nSPS) is 17.8. The van der Waals surface area contributed by atoms with Crippen LogP contribution >= 0.6 is 11.8 Å². The Labute approximate surface area is 119 Å². The molecule has 0 saturated carbocycles. The van der Waals surface area contributed by atoms with Gasteiger partial charge < -0.3 is 10.8 Å². The lowest BCUT2D eigenvalue weighted by Crippen LogP contribution is -2.48. The maximum atomic E-state index is 12.2. The number of carboxylic acids is 1. The van der Waals surface area contributed by atoms with Gasteiger partial charge >= 0.3 is 5.97 Å². The lowest BCUT2D eigenvalue weighted by molar-refractivity contribution is -0.139. The van der Waals surface area contributed by atoms with Gasteiger partial charge in [-0.3, -0.25) is 19.3 Å². The summed E-state index contributed by atoms with van der Waals surface area (Å²) >= 11 is 1.38. The number of hydrogen-bond donors (Lipinski definition) is 2. The first kappa shape index (κ1) is 14.3. The molecule has 3 N–H and O–H groups in total. The SMILES string of the molecule is CSc1ccc2c(n1)N(CC(=O)O)C(=O)C(C(N)=O)C2. The molecular formula is C12H13N3O4S. The highest BCUT2D eigenvalue weighted by Gasteiger charge is 2.38. The molecule has 2 rings (SSSR count). The number of thioether (sulfide) groups is 1. The third kappa shape index (κ3) is 2.60.